The Balaban J connectivity index is 1.73. The summed E-state index contributed by atoms with van der Waals surface area (Å²) in [6.07, 6.45) is 0.663. The Hall–Kier alpha value is -3.91. The van der Waals surface area contributed by atoms with Crippen molar-refractivity contribution in [2.45, 2.75) is 19.4 Å². The highest BCUT2D eigenvalue weighted by molar-refractivity contribution is 6.15. The van der Waals surface area contributed by atoms with Crippen molar-refractivity contribution in [1.29, 1.82) is 0 Å². The van der Waals surface area contributed by atoms with Crippen molar-refractivity contribution < 1.29 is 4.79 Å². The molecule has 0 bridgehead atoms. The molecule has 0 radical (unpaired) electrons. The minimum absolute atomic E-state index is 0.0526. The molecule has 4 aromatic rings. The number of aryl methyl sites for hydroxylation is 1. The Morgan fingerprint density at radius 1 is 0.719 bits per heavy atom. The van der Waals surface area contributed by atoms with Crippen LogP contribution in [-0.2, 0) is 0 Å². The lowest BCUT2D eigenvalue weighted by atomic mass is 9.95. The number of carbonyl (C=O) groups is 1. The predicted molar refractivity (Wildman–Crippen MR) is 132 cm³/mol. The van der Waals surface area contributed by atoms with E-state index in [1.54, 1.807) is 0 Å². The van der Waals surface area contributed by atoms with Gasteiger partial charge >= 0.3 is 0 Å². The van der Waals surface area contributed by atoms with Crippen molar-refractivity contribution in [3.05, 3.63) is 143 Å². The monoisotopic (exact) mass is 415 g/mol. The number of hydrogen-bond acceptors (Lipinski definition) is 2. The smallest absolute Gasteiger partial charge is 0.191 e. The predicted octanol–water partition coefficient (Wildman–Crippen LogP) is 7.24. The van der Waals surface area contributed by atoms with Gasteiger partial charge in [0.05, 0.1) is 11.7 Å². The third-order valence-electron chi connectivity index (χ3n) is 6.09. The standard InChI is InChI=1S/C30H25NO/c1-22-17-19-26(20-18-22)31-28(23-11-5-2-6-12-23)21-27(29(31)24-13-7-3-8-14-24)30(32)25-15-9-4-10-16-25/h2-20,28H,21H2,1H3. The van der Waals surface area contributed by atoms with E-state index in [2.05, 4.69) is 72.5 Å². The van der Waals surface area contributed by atoms with Crippen molar-refractivity contribution in [2.75, 3.05) is 4.90 Å². The molecule has 5 rings (SSSR count). The number of nitrogens with zero attached hydrogens (tertiary/aromatic N) is 1. The lowest BCUT2D eigenvalue weighted by molar-refractivity contribution is 0.103. The SMILES string of the molecule is Cc1ccc(N2C(c3ccccc3)=C(C(=O)c3ccccc3)CC2c2ccccc2)cc1. The number of carbonyl (C=O) groups excluding carboxylic acids is 1. The van der Waals surface area contributed by atoms with E-state index >= 15 is 0 Å². The first-order chi connectivity index (χ1) is 15.7. The Bertz CT molecular complexity index is 1240. The maximum atomic E-state index is 13.8. The topological polar surface area (TPSA) is 20.3 Å². The molecular weight excluding hydrogens is 390 g/mol. The van der Waals surface area contributed by atoms with Gasteiger partial charge in [-0.2, -0.15) is 0 Å². The van der Waals surface area contributed by atoms with Crippen LogP contribution in [0.2, 0.25) is 0 Å². The average Bonchev–Trinajstić information content (AvgIpc) is 3.26. The summed E-state index contributed by atoms with van der Waals surface area (Å²) in [5.41, 5.74) is 7.17. The number of benzene rings is 4. The Labute approximate surface area is 189 Å². The highest BCUT2D eigenvalue weighted by Crippen LogP contribution is 2.47. The Kier molecular flexibility index (Phi) is 5.43. The van der Waals surface area contributed by atoms with E-state index < -0.39 is 0 Å². The fourth-order valence-electron chi connectivity index (χ4n) is 4.51. The van der Waals surface area contributed by atoms with Gasteiger partial charge in [-0.15, -0.1) is 0 Å². The molecule has 0 saturated carbocycles. The summed E-state index contributed by atoms with van der Waals surface area (Å²) in [5, 5.41) is 0. The van der Waals surface area contributed by atoms with Gasteiger partial charge in [0.1, 0.15) is 0 Å². The molecule has 0 aliphatic carbocycles. The van der Waals surface area contributed by atoms with Crippen LogP contribution in [0.1, 0.15) is 39.5 Å². The summed E-state index contributed by atoms with van der Waals surface area (Å²) in [7, 11) is 0. The maximum absolute atomic E-state index is 13.8. The number of ketones is 1. The van der Waals surface area contributed by atoms with Gasteiger partial charge < -0.3 is 4.90 Å². The molecule has 0 amide bonds. The molecule has 1 heterocycles. The normalized spacial score (nSPS) is 15.8. The largest absolute Gasteiger partial charge is 0.333 e. The van der Waals surface area contributed by atoms with Crippen LogP contribution in [0.15, 0.2) is 121 Å². The Morgan fingerprint density at radius 2 is 1.28 bits per heavy atom. The molecule has 2 nitrogen and oxygen atoms in total. The van der Waals surface area contributed by atoms with Gasteiger partial charge in [-0.25, -0.2) is 0 Å². The first kappa shape index (κ1) is 20.0. The van der Waals surface area contributed by atoms with Gasteiger partial charge in [-0.3, -0.25) is 4.79 Å². The minimum atomic E-state index is 0.0526. The van der Waals surface area contributed by atoms with Gasteiger partial charge in [0.25, 0.3) is 0 Å². The first-order valence-corrected chi connectivity index (χ1v) is 11.0. The van der Waals surface area contributed by atoms with E-state index in [0.717, 1.165) is 28.1 Å². The van der Waals surface area contributed by atoms with E-state index in [1.807, 2.05) is 54.6 Å². The molecule has 1 atom stereocenters. The molecule has 1 aliphatic heterocycles. The fourth-order valence-corrected chi connectivity index (χ4v) is 4.51. The van der Waals surface area contributed by atoms with Gasteiger partial charge in [0.2, 0.25) is 0 Å². The average molecular weight is 416 g/mol. The second-order valence-corrected chi connectivity index (χ2v) is 8.22. The van der Waals surface area contributed by atoms with Gasteiger partial charge in [-0.1, -0.05) is 109 Å². The summed E-state index contributed by atoms with van der Waals surface area (Å²) in [6, 6.07) is 39.0. The lowest BCUT2D eigenvalue weighted by Gasteiger charge is -2.31. The molecule has 0 fully saturated rings. The van der Waals surface area contributed by atoms with Crippen molar-refractivity contribution >= 4 is 17.2 Å². The summed E-state index contributed by atoms with van der Waals surface area (Å²) in [5.74, 6) is 0.0972. The van der Waals surface area contributed by atoms with Crippen molar-refractivity contribution in [3.63, 3.8) is 0 Å². The molecule has 0 spiro atoms. The van der Waals surface area contributed by atoms with Crippen molar-refractivity contribution in [1.82, 2.24) is 0 Å². The highest BCUT2D eigenvalue weighted by atomic mass is 16.1. The van der Waals surface area contributed by atoms with Crippen molar-refractivity contribution in [3.8, 4) is 0 Å². The molecule has 156 valence electrons. The zero-order valence-corrected chi connectivity index (χ0v) is 18.1. The third-order valence-corrected chi connectivity index (χ3v) is 6.09. The zero-order valence-electron chi connectivity index (χ0n) is 18.1. The molecule has 1 aliphatic rings. The third kappa shape index (κ3) is 3.76. The summed E-state index contributed by atoms with van der Waals surface area (Å²) in [6.45, 7) is 2.10. The van der Waals surface area contributed by atoms with E-state index in [4.69, 9.17) is 0 Å². The fraction of sp³-hybridized carbons (Fsp3) is 0.100. The van der Waals surface area contributed by atoms with E-state index in [1.165, 1.54) is 11.1 Å². The number of Topliss-reactive ketones (excluding diaryl/α,β-unsaturated/α-hetero) is 1. The van der Waals surface area contributed by atoms with Crippen LogP contribution < -0.4 is 4.90 Å². The van der Waals surface area contributed by atoms with Crippen LogP contribution in [0.5, 0.6) is 0 Å². The number of anilines is 1. The van der Waals surface area contributed by atoms with E-state index in [0.29, 0.717) is 6.42 Å². The van der Waals surface area contributed by atoms with Crippen LogP contribution >= 0.6 is 0 Å². The summed E-state index contributed by atoms with van der Waals surface area (Å²) < 4.78 is 0. The molecular formula is C30H25NO. The van der Waals surface area contributed by atoms with Crippen molar-refractivity contribution in [2.24, 2.45) is 0 Å². The van der Waals surface area contributed by atoms with Crippen LogP contribution in [-0.4, -0.2) is 5.78 Å². The first-order valence-electron chi connectivity index (χ1n) is 11.0. The molecule has 4 aromatic carbocycles. The molecule has 0 saturated heterocycles. The molecule has 1 unspecified atom stereocenters. The van der Waals surface area contributed by atoms with Gasteiger partial charge in [0, 0.05) is 23.2 Å². The molecule has 0 aromatic heterocycles. The van der Waals surface area contributed by atoms with Crippen LogP contribution in [0, 0.1) is 6.92 Å². The zero-order chi connectivity index (χ0) is 21.9. The highest BCUT2D eigenvalue weighted by Gasteiger charge is 2.37. The van der Waals surface area contributed by atoms with E-state index in [9.17, 15) is 4.79 Å². The lowest BCUT2D eigenvalue weighted by Crippen LogP contribution is -2.22. The summed E-state index contributed by atoms with van der Waals surface area (Å²) in [4.78, 5) is 16.1. The second kappa shape index (κ2) is 8.68. The Morgan fingerprint density at radius 3 is 1.91 bits per heavy atom. The van der Waals surface area contributed by atoms with Crippen LogP contribution in [0.25, 0.3) is 5.70 Å². The molecule has 2 heteroatoms. The van der Waals surface area contributed by atoms with Crippen LogP contribution in [0.3, 0.4) is 0 Å². The summed E-state index contributed by atoms with van der Waals surface area (Å²) >= 11 is 0. The molecule has 0 N–H and O–H groups in total. The number of hydrogen-bond donors (Lipinski definition) is 0. The van der Waals surface area contributed by atoms with Crippen LogP contribution in [0.4, 0.5) is 5.69 Å². The van der Waals surface area contributed by atoms with Gasteiger partial charge in [0.15, 0.2) is 5.78 Å². The number of rotatable bonds is 5. The van der Waals surface area contributed by atoms with Gasteiger partial charge in [-0.05, 0) is 30.2 Å². The maximum Gasteiger partial charge on any atom is 0.191 e. The molecule has 32 heavy (non-hydrogen) atoms. The second-order valence-electron chi connectivity index (χ2n) is 8.22. The van der Waals surface area contributed by atoms with E-state index in [-0.39, 0.29) is 11.8 Å². The minimum Gasteiger partial charge on any atom is -0.333 e. The quantitative estimate of drug-likeness (QED) is 0.320.